The molecular formula is C18H33N7. The number of likely N-dealkylation sites (N-methyl/N-ethyl adjacent to an activating group) is 1. The molecule has 2 N–H and O–H groups in total. The van der Waals surface area contributed by atoms with Gasteiger partial charge in [0.15, 0.2) is 5.96 Å². The number of hydrogen-bond acceptors (Lipinski definition) is 4. The highest BCUT2D eigenvalue weighted by atomic mass is 15.4. The van der Waals surface area contributed by atoms with E-state index in [0.717, 1.165) is 62.7 Å². The number of aryl methyl sites for hydroxylation is 2. The molecule has 0 saturated heterocycles. The fourth-order valence-corrected chi connectivity index (χ4v) is 3.91. The van der Waals surface area contributed by atoms with Crippen LogP contribution in [0.3, 0.4) is 0 Å². The molecule has 0 radical (unpaired) electrons. The first kappa shape index (κ1) is 18.2. The van der Waals surface area contributed by atoms with Gasteiger partial charge in [-0.1, -0.05) is 12.8 Å². The second-order valence-corrected chi connectivity index (χ2v) is 7.32. The van der Waals surface area contributed by atoms with Gasteiger partial charge in [-0.3, -0.25) is 4.99 Å². The summed E-state index contributed by atoms with van der Waals surface area (Å²) >= 11 is 0. The van der Waals surface area contributed by atoms with E-state index in [1.54, 1.807) is 0 Å². The molecule has 7 heteroatoms. The third kappa shape index (κ3) is 4.93. The van der Waals surface area contributed by atoms with E-state index in [2.05, 4.69) is 39.6 Å². The average molecular weight is 348 g/mol. The zero-order valence-corrected chi connectivity index (χ0v) is 16.0. The van der Waals surface area contributed by atoms with Gasteiger partial charge in [0, 0.05) is 31.6 Å². The van der Waals surface area contributed by atoms with Crippen LogP contribution in [-0.2, 0) is 13.0 Å². The van der Waals surface area contributed by atoms with Crippen LogP contribution in [0.1, 0.15) is 50.7 Å². The van der Waals surface area contributed by atoms with Gasteiger partial charge in [0.25, 0.3) is 0 Å². The second kappa shape index (κ2) is 8.65. The summed E-state index contributed by atoms with van der Waals surface area (Å²) in [6.45, 7) is 7.68. The number of aliphatic imine (C=N–C) groups is 1. The molecular weight excluding hydrogens is 314 g/mol. The molecule has 1 fully saturated rings. The van der Waals surface area contributed by atoms with Gasteiger partial charge in [-0.2, -0.15) is 5.10 Å². The van der Waals surface area contributed by atoms with Crippen LogP contribution in [0.5, 0.6) is 0 Å². The quantitative estimate of drug-likeness (QED) is 0.600. The summed E-state index contributed by atoms with van der Waals surface area (Å²) in [6.07, 6.45) is 7.51. The molecule has 1 aliphatic heterocycles. The van der Waals surface area contributed by atoms with Gasteiger partial charge >= 0.3 is 0 Å². The summed E-state index contributed by atoms with van der Waals surface area (Å²) < 4.78 is 2.04. The maximum Gasteiger partial charge on any atom is 0.191 e. The van der Waals surface area contributed by atoms with Gasteiger partial charge in [-0.15, -0.1) is 0 Å². The maximum absolute atomic E-state index is 4.79. The number of nitrogens with one attached hydrogen (secondary N) is 2. The van der Waals surface area contributed by atoms with Crippen molar-refractivity contribution in [3.05, 3.63) is 11.6 Å². The lowest BCUT2D eigenvalue weighted by Gasteiger charge is -2.26. The molecule has 1 atom stereocenters. The Labute approximate surface area is 151 Å². The van der Waals surface area contributed by atoms with E-state index in [0.29, 0.717) is 6.04 Å². The van der Waals surface area contributed by atoms with Crippen LogP contribution >= 0.6 is 0 Å². The van der Waals surface area contributed by atoms with Crippen molar-refractivity contribution in [1.82, 2.24) is 30.3 Å². The molecule has 1 aromatic rings. The monoisotopic (exact) mass is 347 g/mol. The summed E-state index contributed by atoms with van der Waals surface area (Å²) in [7, 11) is 2.24. The highest BCUT2D eigenvalue weighted by Crippen LogP contribution is 2.21. The predicted octanol–water partition coefficient (Wildman–Crippen LogP) is 1.33. The van der Waals surface area contributed by atoms with Crippen molar-refractivity contribution in [2.24, 2.45) is 4.99 Å². The lowest BCUT2D eigenvalue weighted by atomic mass is 10.1. The number of nitrogens with zero attached hydrogens (tertiary/aromatic N) is 5. The molecule has 2 aliphatic rings. The Morgan fingerprint density at radius 1 is 1.32 bits per heavy atom. The number of rotatable bonds is 6. The molecule has 0 spiro atoms. The van der Waals surface area contributed by atoms with E-state index in [9.17, 15) is 0 Å². The van der Waals surface area contributed by atoms with Gasteiger partial charge in [-0.25, -0.2) is 9.67 Å². The third-order valence-electron chi connectivity index (χ3n) is 5.32. The molecule has 0 bridgehead atoms. The van der Waals surface area contributed by atoms with E-state index >= 15 is 0 Å². The van der Waals surface area contributed by atoms with Crippen LogP contribution in [0.25, 0.3) is 0 Å². The Morgan fingerprint density at radius 2 is 2.12 bits per heavy atom. The molecule has 1 aliphatic carbocycles. The molecule has 2 heterocycles. The van der Waals surface area contributed by atoms with E-state index in [1.165, 1.54) is 25.7 Å². The minimum absolute atomic E-state index is 0.360. The van der Waals surface area contributed by atoms with Gasteiger partial charge < -0.3 is 15.5 Å². The van der Waals surface area contributed by atoms with Crippen LogP contribution < -0.4 is 10.6 Å². The van der Waals surface area contributed by atoms with Gasteiger partial charge in [0.2, 0.25) is 0 Å². The van der Waals surface area contributed by atoms with Gasteiger partial charge in [0.05, 0.1) is 13.1 Å². The fourth-order valence-electron chi connectivity index (χ4n) is 3.91. The summed E-state index contributed by atoms with van der Waals surface area (Å²) in [4.78, 5) is 11.7. The molecule has 25 heavy (non-hydrogen) atoms. The second-order valence-electron chi connectivity index (χ2n) is 7.32. The lowest BCUT2D eigenvalue weighted by molar-refractivity contribution is 0.252. The van der Waals surface area contributed by atoms with Crippen LogP contribution in [0.15, 0.2) is 4.99 Å². The zero-order valence-electron chi connectivity index (χ0n) is 16.0. The smallest absolute Gasteiger partial charge is 0.191 e. The summed E-state index contributed by atoms with van der Waals surface area (Å²) in [5.41, 5.74) is 0. The lowest BCUT2D eigenvalue weighted by Crippen LogP contribution is -2.47. The average Bonchev–Trinajstić information content (AvgIpc) is 3.23. The van der Waals surface area contributed by atoms with Crippen molar-refractivity contribution >= 4 is 5.96 Å². The van der Waals surface area contributed by atoms with Crippen molar-refractivity contribution in [3.63, 3.8) is 0 Å². The Morgan fingerprint density at radius 3 is 2.88 bits per heavy atom. The highest BCUT2D eigenvalue weighted by Gasteiger charge is 2.22. The summed E-state index contributed by atoms with van der Waals surface area (Å²) in [5, 5.41) is 11.4. The molecule has 1 unspecified atom stereocenters. The molecule has 140 valence electrons. The first-order valence-electron chi connectivity index (χ1n) is 9.81. The topological polar surface area (TPSA) is 70.4 Å². The molecule has 3 rings (SSSR count). The standard InChI is InChI=1S/C18H33N7/c1-4-19-18(20-11-12-24(3)16-7-5-6-8-16)22-15-9-10-17-21-14(2)23-25(17)13-15/h15-16H,4-13H2,1-3H3,(H2,19,20,22). The third-order valence-corrected chi connectivity index (χ3v) is 5.32. The van der Waals surface area contributed by atoms with E-state index < -0.39 is 0 Å². The van der Waals surface area contributed by atoms with Crippen molar-refractivity contribution in [2.45, 2.75) is 71.0 Å². The van der Waals surface area contributed by atoms with E-state index in [1.807, 2.05) is 11.6 Å². The van der Waals surface area contributed by atoms with Crippen molar-refractivity contribution < 1.29 is 0 Å². The highest BCUT2D eigenvalue weighted by molar-refractivity contribution is 5.80. The summed E-state index contributed by atoms with van der Waals surface area (Å²) in [6, 6.07) is 1.12. The van der Waals surface area contributed by atoms with Crippen molar-refractivity contribution in [3.8, 4) is 0 Å². The van der Waals surface area contributed by atoms with Crippen LogP contribution in [0.2, 0.25) is 0 Å². The molecule has 0 aromatic carbocycles. The number of guanidine groups is 1. The molecule has 1 saturated carbocycles. The first-order valence-corrected chi connectivity index (χ1v) is 9.81. The predicted molar refractivity (Wildman–Crippen MR) is 101 cm³/mol. The number of fused-ring (bicyclic) bond motifs is 1. The zero-order chi connectivity index (χ0) is 17.6. The molecule has 1 aromatic heterocycles. The van der Waals surface area contributed by atoms with Gasteiger partial charge in [-0.05, 0) is 40.2 Å². The van der Waals surface area contributed by atoms with Crippen LogP contribution in [0.4, 0.5) is 0 Å². The van der Waals surface area contributed by atoms with Crippen molar-refractivity contribution in [2.75, 3.05) is 26.7 Å². The fraction of sp³-hybridized carbons (Fsp3) is 0.833. The normalized spacial score (nSPS) is 21.6. The Kier molecular flexibility index (Phi) is 6.29. The maximum atomic E-state index is 4.79. The van der Waals surface area contributed by atoms with E-state index in [-0.39, 0.29) is 0 Å². The Bertz CT molecular complexity index is 574. The molecule has 0 amide bonds. The summed E-state index contributed by atoms with van der Waals surface area (Å²) in [5.74, 6) is 2.90. The van der Waals surface area contributed by atoms with Crippen LogP contribution in [-0.4, -0.2) is 64.4 Å². The van der Waals surface area contributed by atoms with Crippen LogP contribution in [0, 0.1) is 6.92 Å². The largest absolute Gasteiger partial charge is 0.357 e. The number of hydrogen-bond donors (Lipinski definition) is 2. The van der Waals surface area contributed by atoms with Gasteiger partial charge in [0.1, 0.15) is 11.6 Å². The van der Waals surface area contributed by atoms with Crippen molar-refractivity contribution in [1.29, 1.82) is 0 Å². The van der Waals surface area contributed by atoms with E-state index in [4.69, 9.17) is 4.99 Å². The Hall–Kier alpha value is -1.63. The number of aromatic nitrogens is 3. The minimum atomic E-state index is 0.360. The molecule has 7 nitrogen and oxygen atoms in total. The Balaban J connectivity index is 1.50. The minimum Gasteiger partial charge on any atom is -0.357 e. The SMILES string of the molecule is CCNC(=NCCN(C)C1CCCC1)NC1CCc2nc(C)nn2C1. The first-order chi connectivity index (χ1) is 12.2.